The zero-order valence-electron chi connectivity index (χ0n) is 12.1. The number of likely N-dealkylation sites (tertiary alicyclic amines) is 1. The average Bonchev–Trinajstić information content (AvgIpc) is 3.14. The lowest BCUT2D eigenvalue weighted by Crippen LogP contribution is -2.31. The molecule has 21 heavy (non-hydrogen) atoms. The van der Waals surface area contributed by atoms with Gasteiger partial charge >= 0.3 is 0 Å². The summed E-state index contributed by atoms with van der Waals surface area (Å²) in [6.07, 6.45) is 6.74. The Labute approximate surface area is 123 Å². The summed E-state index contributed by atoms with van der Waals surface area (Å²) < 4.78 is 0. The summed E-state index contributed by atoms with van der Waals surface area (Å²) in [7, 11) is 0. The van der Waals surface area contributed by atoms with E-state index in [4.69, 9.17) is 0 Å². The van der Waals surface area contributed by atoms with Gasteiger partial charge in [0, 0.05) is 25.4 Å². The van der Waals surface area contributed by atoms with Crippen LogP contribution in [-0.2, 0) is 11.2 Å². The summed E-state index contributed by atoms with van der Waals surface area (Å²) in [5.74, 6) is 1.70. The third-order valence-electron chi connectivity index (χ3n) is 3.84. The van der Waals surface area contributed by atoms with Crippen LogP contribution in [0.2, 0.25) is 0 Å². The van der Waals surface area contributed by atoms with E-state index in [0.29, 0.717) is 6.42 Å². The van der Waals surface area contributed by atoms with Crippen LogP contribution in [0.5, 0.6) is 0 Å². The first-order valence-corrected chi connectivity index (χ1v) is 7.31. The van der Waals surface area contributed by atoms with Gasteiger partial charge in [-0.25, -0.2) is 4.98 Å². The van der Waals surface area contributed by atoms with Crippen molar-refractivity contribution in [1.29, 1.82) is 0 Å². The highest BCUT2D eigenvalue weighted by Crippen LogP contribution is 2.30. The van der Waals surface area contributed by atoms with Gasteiger partial charge < -0.3 is 4.90 Å². The van der Waals surface area contributed by atoms with E-state index in [0.717, 1.165) is 43.0 Å². The van der Waals surface area contributed by atoms with Crippen LogP contribution in [0.25, 0.3) is 0 Å². The molecule has 1 aliphatic rings. The number of pyridine rings is 1. The SMILES string of the molecule is Cc1nc(C2CCCN2C(=O)CCc2cccnc2)n[nH]1. The number of aromatic nitrogens is 4. The van der Waals surface area contributed by atoms with E-state index in [1.807, 2.05) is 30.2 Å². The Morgan fingerprint density at radius 1 is 1.52 bits per heavy atom. The molecule has 1 atom stereocenters. The number of hydrogen-bond acceptors (Lipinski definition) is 4. The number of carbonyl (C=O) groups is 1. The van der Waals surface area contributed by atoms with E-state index in [-0.39, 0.29) is 11.9 Å². The highest BCUT2D eigenvalue weighted by molar-refractivity contribution is 5.77. The topological polar surface area (TPSA) is 74.8 Å². The van der Waals surface area contributed by atoms with Crippen LogP contribution >= 0.6 is 0 Å². The highest BCUT2D eigenvalue weighted by Gasteiger charge is 2.32. The van der Waals surface area contributed by atoms with Crippen LogP contribution in [0.3, 0.4) is 0 Å². The molecule has 1 unspecified atom stereocenters. The average molecular weight is 285 g/mol. The van der Waals surface area contributed by atoms with Crippen molar-refractivity contribution in [3.05, 3.63) is 41.7 Å². The van der Waals surface area contributed by atoms with Crippen molar-refractivity contribution in [3.8, 4) is 0 Å². The molecule has 6 nitrogen and oxygen atoms in total. The summed E-state index contributed by atoms with van der Waals surface area (Å²) in [5.41, 5.74) is 1.09. The lowest BCUT2D eigenvalue weighted by molar-refractivity contribution is -0.132. The first-order valence-electron chi connectivity index (χ1n) is 7.31. The molecular formula is C15H19N5O. The summed E-state index contributed by atoms with van der Waals surface area (Å²) >= 11 is 0. The smallest absolute Gasteiger partial charge is 0.223 e. The lowest BCUT2D eigenvalue weighted by atomic mass is 10.1. The highest BCUT2D eigenvalue weighted by atomic mass is 16.2. The minimum atomic E-state index is 0.0244. The van der Waals surface area contributed by atoms with Crippen LogP contribution in [0, 0.1) is 6.92 Å². The lowest BCUT2D eigenvalue weighted by Gasteiger charge is -2.22. The second-order valence-electron chi connectivity index (χ2n) is 5.39. The molecule has 0 spiro atoms. The molecule has 0 bridgehead atoms. The maximum absolute atomic E-state index is 12.4. The summed E-state index contributed by atoms with van der Waals surface area (Å²) in [6, 6.07) is 3.92. The van der Waals surface area contributed by atoms with E-state index < -0.39 is 0 Å². The zero-order chi connectivity index (χ0) is 14.7. The normalized spacial score (nSPS) is 18.1. The van der Waals surface area contributed by atoms with Gasteiger partial charge in [-0.2, -0.15) is 5.10 Å². The maximum atomic E-state index is 12.4. The van der Waals surface area contributed by atoms with E-state index in [9.17, 15) is 4.79 Å². The Morgan fingerprint density at radius 3 is 3.14 bits per heavy atom. The molecule has 1 fully saturated rings. The molecule has 1 aliphatic heterocycles. The molecule has 1 saturated heterocycles. The Kier molecular flexibility index (Phi) is 3.94. The fourth-order valence-electron chi connectivity index (χ4n) is 2.78. The molecule has 1 N–H and O–H groups in total. The number of nitrogens with zero attached hydrogens (tertiary/aromatic N) is 4. The Bertz CT molecular complexity index is 610. The van der Waals surface area contributed by atoms with Crippen molar-refractivity contribution in [2.75, 3.05) is 6.54 Å². The summed E-state index contributed by atoms with van der Waals surface area (Å²) in [5, 5.41) is 7.06. The third kappa shape index (κ3) is 3.09. The van der Waals surface area contributed by atoms with Gasteiger partial charge in [-0.05, 0) is 37.8 Å². The van der Waals surface area contributed by atoms with Gasteiger partial charge in [0.15, 0.2) is 5.82 Å². The second-order valence-corrected chi connectivity index (χ2v) is 5.39. The van der Waals surface area contributed by atoms with Crippen molar-refractivity contribution in [2.45, 2.75) is 38.6 Å². The van der Waals surface area contributed by atoms with Gasteiger partial charge in [-0.15, -0.1) is 0 Å². The fraction of sp³-hybridized carbons (Fsp3) is 0.467. The third-order valence-corrected chi connectivity index (χ3v) is 3.84. The van der Waals surface area contributed by atoms with Crippen molar-refractivity contribution in [1.82, 2.24) is 25.1 Å². The predicted molar refractivity (Wildman–Crippen MR) is 77.4 cm³/mol. The quantitative estimate of drug-likeness (QED) is 0.929. The van der Waals surface area contributed by atoms with Gasteiger partial charge in [0.25, 0.3) is 0 Å². The monoisotopic (exact) mass is 285 g/mol. The molecule has 3 rings (SSSR count). The molecule has 6 heteroatoms. The minimum absolute atomic E-state index is 0.0244. The number of nitrogens with one attached hydrogen (secondary N) is 1. The zero-order valence-corrected chi connectivity index (χ0v) is 12.1. The second kappa shape index (κ2) is 6.03. The van der Waals surface area contributed by atoms with E-state index in [1.54, 1.807) is 6.20 Å². The molecule has 0 radical (unpaired) electrons. The van der Waals surface area contributed by atoms with Gasteiger partial charge in [0.2, 0.25) is 5.91 Å². The Hall–Kier alpha value is -2.24. The van der Waals surface area contributed by atoms with Gasteiger partial charge in [0.1, 0.15) is 5.82 Å². The molecule has 0 aromatic carbocycles. The number of rotatable bonds is 4. The van der Waals surface area contributed by atoms with Gasteiger partial charge in [-0.3, -0.25) is 14.9 Å². The van der Waals surface area contributed by atoms with E-state index >= 15 is 0 Å². The van der Waals surface area contributed by atoms with E-state index in [1.165, 1.54) is 0 Å². The van der Waals surface area contributed by atoms with E-state index in [2.05, 4.69) is 20.2 Å². The number of aryl methyl sites for hydroxylation is 2. The number of H-pyrrole nitrogens is 1. The first kappa shape index (κ1) is 13.7. The van der Waals surface area contributed by atoms with Crippen molar-refractivity contribution < 1.29 is 4.79 Å². The van der Waals surface area contributed by atoms with Crippen LogP contribution in [0.4, 0.5) is 0 Å². The standard InChI is InChI=1S/C15H19N5O/c1-11-17-15(19-18-11)13-5-3-9-20(13)14(21)7-6-12-4-2-8-16-10-12/h2,4,8,10,13H,3,5-7,9H2,1H3,(H,17,18,19). The van der Waals surface area contributed by atoms with Crippen LogP contribution < -0.4 is 0 Å². The first-order chi connectivity index (χ1) is 10.2. The number of hydrogen-bond donors (Lipinski definition) is 1. The van der Waals surface area contributed by atoms with Crippen LogP contribution in [-0.4, -0.2) is 37.5 Å². The van der Waals surface area contributed by atoms with Crippen molar-refractivity contribution in [3.63, 3.8) is 0 Å². The van der Waals surface area contributed by atoms with Crippen LogP contribution in [0.15, 0.2) is 24.5 Å². The van der Waals surface area contributed by atoms with Gasteiger partial charge in [0.05, 0.1) is 6.04 Å². The molecular weight excluding hydrogens is 266 g/mol. The molecule has 0 aliphatic carbocycles. The largest absolute Gasteiger partial charge is 0.332 e. The Morgan fingerprint density at radius 2 is 2.43 bits per heavy atom. The fourth-order valence-corrected chi connectivity index (χ4v) is 2.78. The number of carbonyl (C=O) groups excluding carboxylic acids is 1. The molecule has 2 aromatic heterocycles. The summed E-state index contributed by atoms with van der Waals surface area (Å²) in [4.78, 5) is 22.8. The molecule has 1 amide bonds. The Balaban J connectivity index is 1.63. The minimum Gasteiger partial charge on any atom is -0.332 e. The molecule has 0 saturated carbocycles. The summed E-state index contributed by atoms with van der Waals surface area (Å²) in [6.45, 7) is 2.67. The van der Waals surface area contributed by atoms with Gasteiger partial charge in [-0.1, -0.05) is 6.07 Å². The molecule has 110 valence electrons. The number of aromatic amines is 1. The maximum Gasteiger partial charge on any atom is 0.223 e. The number of amides is 1. The molecule has 2 aromatic rings. The van der Waals surface area contributed by atoms with Crippen LogP contribution in [0.1, 0.15) is 42.5 Å². The van der Waals surface area contributed by atoms with Crippen molar-refractivity contribution >= 4 is 5.91 Å². The van der Waals surface area contributed by atoms with Crippen molar-refractivity contribution in [2.24, 2.45) is 0 Å². The predicted octanol–water partition coefficient (Wildman–Crippen LogP) is 1.80. The molecule has 3 heterocycles.